The first kappa shape index (κ1) is 53.9. The highest BCUT2D eigenvalue weighted by atomic mass is 19.4. The Kier molecular flexibility index (Phi) is 19.5. The zero-order chi connectivity index (χ0) is 51.6. The largest absolute Gasteiger partial charge is 0.484 e. The fourth-order valence-corrected chi connectivity index (χ4v) is 8.69. The van der Waals surface area contributed by atoms with E-state index in [0.717, 1.165) is 75.1 Å². The number of nitrogens with one attached hydrogen (secondary N) is 5. The number of benzene rings is 2. The molecule has 4 heterocycles. The minimum absolute atomic E-state index is 0.00241. The number of carbonyl (C=O) groups excluding carboxylic acids is 6. The number of piperidine rings is 2. The molecule has 2 aromatic carbocycles. The first-order chi connectivity index (χ1) is 34.6. The standard InChI is InChI=1S/C31H35F3N8O2.C21H26N2O5/c32-31(33,34)22-13-15-39-24(16-22)42-30(44)20-11-9-19(10-12-20)27(35)26-28(36)21(17-40-29(26)37)6-4-5-14-38-18-25(43)41-23-7-2-1-3-8-23;24-13-1-2-15-9-11-23(12-10-15)20(26)14-28-17-5-3-16(4-6-17)18-7-8-19(25)22-21(18)27/h4,6,9-13,15-17,23,35,38H,1-3,5,7-8,14,18H2,(H,41,43)(H4,36,37,40)(H,39,42,44);3-6,13,15,18H,1-2,7-12,14H2,(H,22,25,27)/b6-4+,35-27?;. The summed E-state index contributed by atoms with van der Waals surface area (Å²) in [5, 5.41) is 19.6. The molecule has 20 heteroatoms. The topological polar surface area (TPSA) is 265 Å². The maximum absolute atomic E-state index is 13.0. The van der Waals surface area contributed by atoms with E-state index in [1.54, 1.807) is 30.3 Å². The molecular weight excluding hydrogens is 934 g/mol. The second kappa shape index (κ2) is 26.1. The van der Waals surface area contributed by atoms with Gasteiger partial charge in [0.25, 0.3) is 11.8 Å². The van der Waals surface area contributed by atoms with Gasteiger partial charge in [-0.15, -0.1) is 0 Å². The van der Waals surface area contributed by atoms with Crippen molar-refractivity contribution in [3.8, 4) is 5.75 Å². The van der Waals surface area contributed by atoms with E-state index < -0.39 is 17.6 Å². The predicted molar refractivity (Wildman–Crippen MR) is 266 cm³/mol. The number of ether oxygens (including phenoxy) is 1. The third kappa shape index (κ3) is 15.8. The average molecular weight is 995 g/mol. The summed E-state index contributed by atoms with van der Waals surface area (Å²) >= 11 is 0. The van der Waals surface area contributed by atoms with Crippen molar-refractivity contribution >= 4 is 64.9 Å². The lowest BCUT2D eigenvalue weighted by Gasteiger charge is -2.31. The minimum Gasteiger partial charge on any atom is -0.484 e. The van der Waals surface area contributed by atoms with E-state index in [9.17, 15) is 41.9 Å². The van der Waals surface area contributed by atoms with Gasteiger partial charge in [0.2, 0.25) is 17.7 Å². The molecule has 72 heavy (non-hydrogen) atoms. The van der Waals surface area contributed by atoms with Gasteiger partial charge in [0.1, 0.15) is 23.7 Å². The van der Waals surface area contributed by atoms with Crippen LogP contribution in [0.1, 0.15) is 121 Å². The molecule has 382 valence electrons. The lowest BCUT2D eigenvalue weighted by atomic mass is 9.90. The lowest BCUT2D eigenvalue weighted by Crippen LogP contribution is -2.41. The number of aromatic nitrogens is 2. The van der Waals surface area contributed by atoms with E-state index in [1.807, 2.05) is 11.0 Å². The Morgan fingerprint density at radius 2 is 1.61 bits per heavy atom. The summed E-state index contributed by atoms with van der Waals surface area (Å²) in [7, 11) is 0. The number of aldehydes is 1. The Hall–Kier alpha value is -7.48. The number of nitrogens with zero attached hydrogens (tertiary/aromatic N) is 3. The van der Waals surface area contributed by atoms with E-state index in [1.165, 1.54) is 36.9 Å². The molecule has 9 N–H and O–H groups in total. The molecule has 3 fully saturated rings. The second-order valence-corrected chi connectivity index (χ2v) is 17.9. The van der Waals surface area contributed by atoms with Gasteiger partial charge in [-0.25, -0.2) is 9.97 Å². The van der Waals surface area contributed by atoms with Crippen LogP contribution in [0.25, 0.3) is 6.08 Å². The third-order valence-electron chi connectivity index (χ3n) is 12.8. The molecule has 7 rings (SSSR count). The van der Waals surface area contributed by atoms with Crippen molar-refractivity contribution in [2.24, 2.45) is 5.92 Å². The van der Waals surface area contributed by atoms with E-state index >= 15 is 0 Å². The maximum atomic E-state index is 13.0. The summed E-state index contributed by atoms with van der Waals surface area (Å²) in [5.74, 6) is -0.609. The number of alkyl halides is 3. The van der Waals surface area contributed by atoms with Crippen molar-refractivity contribution in [3.63, 3.8) is 0 Å². The molecule has 2 aromatic heterocycles. The molecule has 3 aliphatic rings. The van der Waals surface area contributed by atoms with Gasteiger partial charge >= 0.3 is 6.18 Å². The summed E-state index contributed by atoms with van der Waals surface area (Å²) in [6.07, 6.45) is 13.0. The fraction of sp³-hybridized carbons (Fsp3) is 0.404. The number of halogens is 3. The molecule has 2 aliphatic heterocycles. The van der Waals surface area contributed by atoms with Crippen molar-refractivity contribution < 1.29 is 46.7 Å². The first-order valence-electron chi connectivity index (χ1n) is 24.1. The number of rotatable bonds is 18. The molecule has 4 aromatic rings. The van der Waals surface area contributed by atoms with Crippen molar-refractivity contribution in [1.29, 1.82) is 5.41 Å². The van der Waals surface area contributed by atoms with E-state index in [0.29, 0.717) is 68.1 Å². The summed E-state index contributed by atoms with van der Waals surface area (Å²) in [5.41, 5.74) is 13.9. The molecular formula is C52H61F3N10O7. The Labute approximate surface area is 415 Å². The van der Waals surface area contributed by atoms with Crippen LogP contribution in [-0.2, 0) is 30.1 Å². The molecule has 1 aliphatic carbocycles. The lowest BCUT2D eigenvalue weighted by molar-refractivity contribution is -0.138. The summed E-state index contributed by atoms with van der Waals surface area (Å²) in [4.78, 5) is 80.5. The van der Waals surface area contributed by atoms with Crippen LogP contribution in [0.4, 0.5) is 30.5 Å². The molecule has 1 saturated carbocycles. The Balaban J connectivity index is 0.000000260. The molecule has 1 unspecified atom stereocenters. The summed E-state index contributed by atoms with van der Waals surface area (Å²) < 4.78 is 44.5. The van der Waals surface area contributed by atoms with Gasteiger partial charge in [-0.1, -0.05) is 55.7 Å². The molecule has 5 amide bonds. The van der Waals surface area contributed by atoms with Crippen molar-refractivity contribution in [2.45, 2.75) is 95.2 Å². The number of imide groups is 1. The highest BCUT2D eigenvalue weighted by Gasteiger charge is 2.31. The van der Waals surface area contributed by atoms with Crippen LogP contribution in [0.2, 0.25) is 0 Å². The van der Waals surface area contributed by atoms with Gasteiger partial charge in [-0.2, -0.15) is 13.2 Å². The van der Waals surface area contributed by atoms with Crippen LogP contribution in [0.5, 0.6) is 5.75 Å². The van der Waals surface area contributed by atoms with Crippen LogP contribution in [0, 0.1) is 11.3 Å². The maximum Gasteiger partial charge on any atom is 0.416 e. The number of anilines is 3. The highest BCUT2D eigenvalue weighted by Crippen LogP contribution is 2.31. The number of pyridine rings is 2. The number of hydrogen-bond donors (Lipinski definition) is 7. The van der Waals surface area contributed by atoms with Crippen molar-refractivity contribution in [1.82, 2.24) is 30.8 Å². The monoisotopic (exact) mass is 994 g/mol. The molecule has 1 atom stereocenters. The normalized spacial score (nSPS) is 16.5. The van der Waals surface area contributed by atoms with E-state index in [2.05, 4.69) is 31.2 Å². The number of nitrogen functional groups attached to an aromatic ring is 2. The Bertz CT molecular complexity index is 2580. The third-order valence-corrected chi connectivity index (χ3v) is 12.8. The average Bonchev–Trinajstić information content (AvgIpc) is 3.37. The predicted octanol–water partition coefficient (Wildman–Crippen LogP) is 6.57. The second-order valence-electron chi connectivity index (χ2n) is 17.9. The van der Waals surface area contributed by atoms with Gasteiger partial charge in [0.15, 0.2) is 6.61 Å². The Morgan fingerprint density at radius 3 is 2.29 bits per heavy atom. The van der Waals surface area contributed by atoms with Crippen molar-refractivity contribution in [2.75, 3.05) is 49.6 Å². The minimum atomic E-state index is -4.57. The molecule has 0 spiro atoms. The zero-order valence-electron chi connectivity index (χ0n) is 39.9. The fourth-order valence-electron chi connectivity index (χ4n) is 8.69. The quantitative estimate of drug-likeness (QED) is 0.0242. The number of nitrogens with two attached hydrogens (primary N) is 2. The number of hydrogen-bond acceptors (Lipinski definition) is 13. The molecule has 2 saturated heterocycles. The summed E-state index contributed by atoms with van der Waals surface area (Å²) in [6, 6.07) is 14.8. The SMILES string of the molecule is N=C(c1ccc(C(=O)Nc2cc(C(F)(F)F)ccn2)cc1)c1c(N)ncc(/C=C/CCNCC(=O)NC2CCCCC2)c1N.O=CCCC1CCN(C(=O)COc2ccc(C3CCC(=O)NC3=O)cc2)CC1. The molecule has 0 bridgehead atoms. The van der Waals surface area contributed by atoms with Gasteiger partial charge in [-0.3, -0.25) is 34.7 Å². The van der Waals surface area contributed by atoms with Gasteiger partial charge in [-0.05, 0) is 99.4 Å². The van der Waals surface area contributed by atoms with Crippen LogP contribution < -0.4 is 37.5 Å². The van der Waals surface area contributed by atoms with E-state index in [4.69, 9.17) is 21.6 Å². The van der Waals surface area contributed by atoms with Gasteiger partial charge < -0.3 is 41.8 Å². The summed E-state index contributed by atoms with van der Waals surface area (Å²) in [6.45, 7) is 2.24. The Morgan fingerprint density at radius 1 is 0.903 bits per heavy atom. The van der Waals surface area contributed by atoms with E-state index in [-0.39, 0.29) is 82.9 Å². The number of likely N-dealkylation sites (tertiary alicyclic amines) is 1. The van der Waals surface area contributed by atoms with Crippen molar-refractivity contribution in [3.05, 3.63) is 113 Å². The number of carbonyl (C=O) groups is 6. The smallest absolute Gasteiger partial charge is 0.416 e. The highest BCUT2D eigenvalue weighted by molar-refractivity contribution is 6.17. The van der Waals surface area contributed by atoms with Crippen LogP contribution >= 0.6 is 0 Å². The molecule has 0 radical (unpaired) electrons. The van der Waals surface area contributed by atoms with Gasteiger partial charge in [0, 0.05) is 61.1 Å². The first-order valence-corrected chi connectivity index (χ1v) is 24.1. The van der Waals surface area contributed by atoms with Crippen LogP contribution in [0.3, 0.4) is 0 Å². The number of amides is 5. The zero-order valence-corrected chi connectivity index (χ0v) is 39.9. The van der Waals surface area contributed by atoms with Gasteiger partial charge in [0.05, 0.1) is 35.0 Å². The van der Waals surface area contributed by atoms with Crippen LogP contribution in [0.15, 0.2) is 79.1 Å². The molecule has 17 nitrogen and oxygen atoms in total. The van der Waals surface area contributed by atoms with Crippen LogP contribution in [-0.4, -0.2) is 95.2 Å².